The molecule has 0 amide bonds. The van der Waals surface area contributed by atoms with Gasteiger partial charge >= 0.3 is 0 Å². The molecule has 0 radical (unpaired) electrons. The summed E-state index contributed by atoms with van der Waals surface area (Å²) >= 11 is 6.07. The third-order valence-corrected chi connectivity index (χ3v) is 3.70. The molecule has 0 aliphatic heterocycles. The van der Waals surface area contributed by atoms with Crippen molar-refractivity contribution < 1.29 is 4.79 Å². The SMILES string of the molecule is O=C(/C=C\c1ccccc1Cl)c1ccc2ccccc2c1. The lowest BCUT2D eigenvalue weighted by Crippen LogP contribution is -1.93. The Balaban J connectivity index is 1.89. The van der Waals surface area contributed by atoms with Gasteiger partial charge in [0.05, 0.1) is 0 Å². The molecule has 102 valence electrons. The lowest BCUT2D eigenvalue weighted by Gasteiger charge is -2.01. The van der Waals surface area contributed by atoms with Crippen LogP contribution in [-0.4, -0.2) is 5.78 Å². The predicted octanol–water partition coefficient (Wildman–Crippen LogP) is 5.39. The van der Waals surface area contributed by atoms with E-state index in [9.17, 15) is 4.79 Å². The quantitative estimate of drug-likeness (QED) is 0.467. The molecule has 0 saturated carbocycles. The van der Waals surface area contributed by atoms with Crippen LogP contribution in [-0.2, 0) is 0 Å². The number of halogens is 1. The largest absolute Gasteiger partial charge is 0.289 e. The van der Waals surface area contributed by atoms with E-state index >= 15 is 0 Å². The van der Waals surface area contributed by atoms with E-state index in [1.165, 1.54) is 0 Å². The second-order valence-corrected chi connectivity index (χ2v) is 5.19. The van der Waals surface area contributed by atoms with Gasteiger partial charge < -0.3 is 0 Å². The lowest BCUT2D eigenvalue weighted by molar-refractivity contribution is 0.104. The first-order chi connectivity index (χ1) is 10.2. The Kier molecular flexibility index (Phi) is 3.85. The van der Waals surface area contributed by atoms with E-state index in [2.05, 4.69) is 0 Å². The van der Waals surface area contributed by atoms with Gasteiger partial charge in [0.15, 0.2) is 5.78 Å². The van der Waals surface area contributed by atoms with Crippen molar-refractivity contribution in [3.05, 3.63) is 89.0 Å². The molecule has 0 bridgehead atoms. The molecule has 0 aliphatic carbocycles. The van der Waals surface area contributed by atoms with Gasteiger partial charge in [0.1, 0.15) is 0 Å². The maximum atomic E-state index is 12.2. The highest BCUT2D eigenvalue weighted by molar-refractivity contribution is 6.32. The first-order valence-corrected chi connectivity index (χ1v) is 7.07. The predicted molar refractivity (Wildman–Crippen MR) is 88.8 cm³/mol. The van der Waals surface area contributed by atoms with Crippen molar-refractivity contribution >= 4 is 34.2 Å². The zero-order valence-electron chi connectivity index (χ0n) is 11.3. The molecule has 3 aromatic rings. The van der Waals surface area contributed by atoms with Gasteiger partial charge in [0.2, 0.25) is 0 Å². The fraction of sp³-hybridized carbons (Fsp3) is 0. The highest BCUT2D eigenvalue weighted by Crippen LogP contribution is 2.18. The van der Waals surface area contributed by atoms with E-state index in [-0.39, 0.29) is 5.78 Å². The van der Waals surface area contributed by atoms with Crippen LogP contribution in [0, 0.1) is 0 Å². The molecule has 21 heavy (non-hydrogen) atoms. The summed E-state index contributed by atoms with van der Waals surface area (Å²) in [5.74, 6) is -0.0272. The van der Waals surface area contributed by atoms with Crippen molar-refractivity contribution in [2.45, 2.75) is 0 Å². The summed E-state index contributed by atoms with van der Waals surface area (Å²) in [6, 6.07) is 21.2. The first kappa shape index (κ1) is 13.6. The smallest absolute Gasteiger partial charge is 0.185 e. The molecule has 0 heterocycles. The van der Waals surface area contributed by atoms with Gasteiger partial charge in [-0.05, 0) is 40.6 Å². The minimum absolute atomic E-state index is 0.0272. The van der Waals surface area contributed by atoms with Gasteiger partial charge in [0, 0.05) is 10.6 Å². The zero-order chi connectivity index (χ0) is 14.7. The second kappa shape index (κ2) is 5.94. The monoisotopic (exact) mass is 292 g/mol. The molecular formula is C19H13ClO. The van der Waals surface area contributed by atoms with Crippen LogP contribution >= 0.6 is 11.6 Å². The molecule has 0 aliphatic rings. The summed E-state index contributed by atoms with van der Waals surface area (Å²) in [6.45, 7) is 0. The number of hydrogen-bond acceptors (Lipinski definition) is 1. The van der Waals surface area contributed by atoms with Crippen LogP contribution in [0.5, 0.6) is 0 Å². The molecule has 0 fully saturated rings. The van der Waals surface area contributed by atoms with Crippen molar-refractivity contribution in [2.75, 3.05) is 0 Å². The van der Waals surface area contributed by atoms with Crippen molar-refractivity contribution in [1.82, 2.24) is 0 Å². The van der Waals surface area contributed by atoms with E-state index in [4.69, 9.17) is 11.6 Å². The van der Waals surface area contributed by atoms with E-state index in [0.29, 0.717) is 10.6 Å². The highest BCUT2D eigenvalue weighted by atomic mass is 35.5. The zero-order valence-corrected chi connectivity index (χ0v) is 12.0. The molecule has 3 aromatic carbocycles. The minimum Gasteiger partial charge on any atom is -0.289 e. The third-order valence-electron chi connectivity index (χ3n) is 3.35. The molecule has 0 aromatic heterocycles. The summed E-state index contributed by atoms with van der Waals surface area (Å²) in [6.07, 6.45) is 3.31. The molecule has 3 rings (SSSR count). The van der Waals surface area contributed by atoms with Gasteiger partial charge in [-0.3, -0.25) is 4.79 Å². The topological polar surface area (TPSA) is 17.1 Å². The van der Waals surface area contributed by atoms with E-state index in [0.717, 1.165) is 16.3 Å². The number of fused-ring (bicyclic) bond motifs is 1. The van der Waals surface area contributed by atoms with E-state index < -0.39 is 0 Å². The minimum atomic E-state index is -0.0272. The van der Waals surface area contributed by atoms with E-state index in [1.807, 2.05) is 66.7 Å². The molecule has 1 nitrogen and oxygen atoms in total. The molecule has 2 heteroatoms. The summed E-state index contributed by atoms with van der Waals surface area (Å²) in [5, 5.41) is 2.83. The van der Waals surface area contributed by atoms with Crippen LogP contribution in [0.1, 0.15) is 15.9 Å². The number of allylic oxidation sites excluding steroid dienone is 1. The lowest BCUT2D eigenvalue weighted by atomic mass is 10.0. The summed E-state index contributed by atoms with van der Waals surface area (Å²) in [4.78, 5) is 12.2. The van der Waals surface area contributed by atoms with Gasteiger partial charge in [-0.1, -0.05) is 66.2 Å². The van der Waals surface area contributed by atoms with Crippen LogP contribution in [0.25, 0.3) is 16.8 Å². The van der Waals surface area contributed by atoms with Gasteiger partial charge in [-0.25, -0.2) is 0 Å². The average molecular weight is 293 g/mol. The fourth-order valence-electron chi connectivity index (χ4n) is 2.21. The maximum absolute atomic E-state index is 12.2. The average Bonchev–Trinajstić information content (AvgIpc) is 2.53. The maximum Gasteiger partial charge on any atom is 0.185 e. The normalized spacial score (nSPS) is 11.1. The summed E-state index contributed by atoms with van der Waals surface area (Å²) in [7, 11) is 0. The van der Waals surface area contributed by atoms with Crippen molar-refractivity contribution in [3.8, 4) is 0 Å². The van der Waals surface area contributed by atoms with E-state index in [1.54, 1.807) is 12.2 Å². The van der Waals surface area contributed by atoms with Gasteiger partial charge in [0.25, 0.3) is 0 Å². The molecule has 0 N–H and O–H groups in total. The highest BCUT2D eigenvalue weighted by Gasteiger charge is 2.03. The molecule has 0 atom stereocenters. The second-order valence-electron chi connectivity index (χ2n) is 4.78. The Labute approximate surface area is 128 Å². The molecule has 0 unspecified atom stereocenters. The summed E-state index contributed by atoms with van der Waals surface area (Å²) < 4.78 is 0. The van der Waals surface area contributed by atoms with Crippen molar-refractivity contribution in [1.29, 1.82) is 0 Å². The molecular weight excluding hydrogens is 280 g/mol. The Morgan fingerprint density at radius 1 is 0.857 bits per heavy atom. The Morgan fingerprint density at radius 2 is 1.57 bits per heavy atom. The standard InChI is InChI=1S/C19H13ClO/c20-18-8-4-3-6-15(18)11-12-19(21)17-10-9-14-5-1-2-7-16(14)13-17/h1-13H/b12-11-. The number of carbonyl (C=O) groups excluding carboxylic acids is 1. The number of carbonyl (C=O) groups is 1. The number of rotatable bonds is 3. The number of hydrogen-bond donors (Lipinski definition) is 0. The van der Waals surface area contributed by atoms with Crippen molar-refractivity contribution in [2.24, 2.45) is 0 Å². The summed E-state index contributed by atoms with van der Waals surface area (Å²) in [5.41, 5.74) is 1.52. The third kappa shape index (κ3) is 3.04. The molecule has 0 saturated heterocycles. The van der Waals surface area contributed by atoms with Crippen LogP contribution in [0.4, 0.5) is 0 Å². The Morgan fingerprint density at radius 3 is 2.38 bits per heavy atom. The van der Waals surface area contributed by atoms with Gasteiger partial charge in [-0.2, -0.15) is 0 Å². The van der Waals surface area contributed by atoms with Crippen LogP contribution in [0.15, 0.2) is 72.8 Å². The Bertz CT molecular complexity index is 834. The van der Waals surface area contributed by atoms with Crippen LogP contribution < -0.4 is 0 Å². The Hall–Kier alpha value is -2.38. The first-order valence-electron chi connectivity index (χ1n) is 6.70. The number of benzene rings is 3. The van der Waals surface area contributed by atoms with Crippen molar-refractivity contribution in [3.63, 3.8) is 0 Å². The fourth-order valence-corrected chi connectivity index (χ4v) is 2.41. The van der Waals surface area contributed by atoms with Crippen LogP contribution in [0.2, 0.25) is 5.02 Å². The van der Waals surface area contributed by atoms with Crippen LogP contribution in [0.3, 0.4) is 0 Å². The molecule has 0 spiro atoms. The number of ketones is 1. The van der Waals surface area contributed by atoms with Gasteiger partial charge in [-0.15, -0.1) is 0 Å².